The van der Waals surface area contributed by atoms with Gasteiger partial charge in [-0.05, 0) is 18.6 Å². The van der Waals surface area contributed by atoms with E-state index < -0.39 is 25.7 Å². The first kappa shape index (κ1) is 16.5. The summed E-state index contributed by atoms with van der Waals surface area (Å²) in [5.41, 5.74) is 5.04. The summed E-state index contributed by atoms with van der Waals surface area (Å²) in [6.07, 6.45) is 0.204. The molecule has 6 nitrogen and oxygen atoms in total. The summed E-state index contributed by atoms with van der Waals surface area (Å²) in [5, 5.41) is -0.284. The lowest BCUT2D eigenvalue weighted by atomic mass is 10.3. The van der Waals surface area contributed by atoms with Crippen molar-refractivity contribution in [1.29, 1.82) is 0 Å². The topological polar surface area (TPSA) is 97.5 Å². The molecule has 0 unspecified atom stereocenters. The van der Waals surface area contributed by atoms with Gasteiger partial charge < -0.3 is 5.73 Å². The molecule has 0 bridgehead atoms. The van der Waals surface area contributed by atoms with Gasteiger partial charge in [-0.3, -0.25) is 0 Å². The van der Waals surface area contributed by atoms with E-state index in [2.05, 4.69) is 0 Å². The molecule has 0 spiro atoms. The molecule has 1 aliphatic rings. The molecule has 1 aromatic carbocycles. The minimum absolute atomic E-state index is 0.0572. The van der Waals surface area contributed by atoms with Gasteiger partial charge in [-0.25, -0.2) is 21.2 Å². The third-order valence-electron chi connectivity index (χ3n) is 3.18. The third kappa shape index (κ3) is 3.47. The Kier molecular flexibility index (Phi) is 4.48. The van der Waals surface area contributed by atoms with Crippen molar-refractivity contribution in [2.45, 2.75) is 11.3 Å². The Balaban J connectivity index is 2.41. The number of rotatable bonds is 2. The van der Waals surface area contributed by atoms with Gasteiger partial charge in [-0.2, -0.15) is 4.31 Å². The molecule has 0 radical (unpaired) electrons. The zero-order chi connectivity index (χ0) is 15.8. The van der Waals surface area contributed by atoms with Gasteiger partial charge in [-0.15, -0.1) is 0 Å². The fourth-order valence-corrected chi connectivity index (χ4v) is 5.43. The molecule has 0 saturated carbocycles. The van der Waals surface area contributed by atoms with Crippen LogP contribution in [0.4, 0.5) is 10.1 Å². The van der Waals surface area contributed by atoms with E-state index in [-0.39, 0.29) is 46.6 Å². The third-order valence-corrected chi connectivity index (χ3v) is 7.26. The van der Waals surface area contributed by atoms with Crippen LogP contribution in [0.5, 0.6) is 0 Å². The lowest BCUT2D eigenvalue weighted by Crippen LogP contribution is -2.34. The van der Waals surface area contributed by atoms with E-state index in [0.29, 0.717) is 0 Å². The summed E-state index contributed by atoms with van der Waals surface area (Å²) in [7, 11) is -7.26. The molecule has 1 aromatic rings. The lowest BCUT2D eigenvalue weighted by Gasteiger charge is -2.20. The molecular weight excluding hydrogens is 343 g/mol. The molecule has 0 aromatic heterocycles. The second kappa shape index (κ2) is 5.71. The van der Waals surface area contributed by atoms with E-state index in [0.717, 1.165) is 16.4 Å². The van der Waals surface area contributed by atoms with Crippen molar-refractivity contribution in [3.63, 3.8) is 0 Å². The summed E-state index contributed by atoms with van der Waals surface area (Å²) >= 11 is 5.78. The van der Waals surface area contributed by atoms with Gasteiger partial charge in [0, 0.05) is 13.1 Å². The highest BCUT2D eigenvalue weighted by Crippen LogP contribution is 2.29. The average molecular weight is 357 g/mol. The summed E-state index contributed by atoms with van der Waals surface area (Å²) in [6.45, 7) is -0.0898. The number of hydrogen-bond acceptors (Lipinski definition) is 5. The highest BCUT2D eigenvalue weighted by molar-refractivity contribution is 7.91. The van der Waals surface area contributed by atoms with Crippen LogP contribution in [0.15, 0.2) is 17.0 Å². The number of sulfone groups is 1. The van der Waals surface area contributed by atoms with Crippen molar-refractivity contribution in [2.24, 2.45) is 0 Å². The second-order valence-corrected chi connectivity index (χ2v) is 9.33. The zero-order valence-electron chi connectivity index (χ0n) is 10.9. The van der Waals surface area contributed by atoms with E-state index in [9.17, 15) is 21.2 Å². The molecule has 0 amide bonds. The van der Waals surface area contributed by atoms with Crippen molar-refractivity contribution in [2.75, 3.05) is 30.3 Å². The van der Waals surface area contributed by atoms with Crippen molar-refractivity contribution < 1.29 is 21.2 Å². The largest absolute Gasteiger partial charge is 0.396 e. The van der Waals surface area contributed by atoms with Crippen LogP contribution in [0.25, 0.3) is 0 Å². The average Bonchev–Trinajstić information content (AvgIpc) is 2.55. The molecular formula is C11H14ClFN2O4S2. The summed E-state index contributed by atoms with van der Waals surface area (Å²) in [6, 6.07) is 1.78. The Morgan fingerprint density at radius 1 is 1.24 bits per heavy atom. The summed E-state index contributed by atoms with van der Waals surface area (Å²) < 4.78 is 62.4. The molecule has 1 saturated heterocycles. The second-order valence-electron chi connectivity index (χ2n) is 4.71. The van der Waals surface area contributed by atoms with Gasteiger partial charge >= 0.3 is 0 Å². The van der Waals surface area contributed by atoms with E-state index in [1.165, 1.54) is 0 Å². The van der Waals surface area contributed by atoms with Crippen LogP contribution < -0.4 is 5.73 Å². The van der Waals surface area contributed by atoms with Gasteiger partial charge in [0.2, 0.25) is 10.0 Å². The highest BCUT2D eigenvalue weighted by Gasteiger charge is 2.31. The normalized spacial score (nSPS) is 20.1. The molecule has 21 heavy (non-hydrogen) atoms. The predicted octanol–water partition coefficient (Wildman–Crippen LogP) is 0.870. The lowest BCUT2D eigenvalue weighted by molar-refractivity contribution is 0.434. The van der Waals surface area contributed by atoms with Crippen LogP contribution in [0.1, 0.15) is 6.42 Å². The maximum atomic E-state index is 13.3. The van der Waals surface area contributed by atoms with E-state index >= 15 is 0 Å². The van der Waals surface area contributed by atoms with Crippen molar-refractivity contribution in [1.82, 2.24) is 4.31 Å². The highest BCUT2D eigenvalue weighted by atomic mass is 35.5. The summed E-state index contributed by atoms with van der Waals surface area (Å²) in [4.78, 5) is -0.317. The first-order valence-electron chi connectivity index (χ1n) is 6.08. The molecule has 0 atom stereocenters. The maximum Gasteiger partial charge on any atom is 0.244 e. The molecule has 1 fully saturated rings. The predicted molar refractivity (Wildman–Crippen MR) is 77.9 cm³/mol. The number of halogens is 2. The fraction of sp³-hybridized carbons (Fsp3) is 0.455. The Labute approximate surface area is 127 Å². The number of hydrogen-bond donors (Lipinski definition) is 1. The van der Waals surface area contributed by atoms with Crippen LogP contribution in [0.2, 0.25) is 5.02 Å². The standard InChI is InChI=1S/C11H14ClFN2O4S2/c12-8-6-9(13)10(14)7-11(8)21(18,19)15-2-1-4-20(16,17)5-3-15/h6-7H,1-5,14H2. The number of sulfonamides is 1. The molecule has 2 N–H and O–H groups in total. The van der Waals surface area contributed by atoms with E-state index in [4.69, 9.17) is 17.3 Å². The number of anilines is 1. The first-order valence-corrected chi connectivity index (χ1v) is 9.72. The Bertz CT molecular complexity index is 765. The quantitative estimate of drug-likeness (QED) is 0.793. The number of nitrogens with two attached hydrogens (primary N) is 1. The van der Waals surface area contributed by atoms with Crippen LogP contribution in [-0.4, -0.2) is 45.7 Å². The Hall–Kier alpha value is -0.900. The van der Waals surface area contributed by atoms with Crippen molar-refractivity contribution in [3.05, 3.63) is 23.0 Å². The minimum Gasteiger partial charge on any atom is -0.396 e. The molecule has 0 aliphatic carbocycles. The number of nitrogen functional groups attached to an aromatic ring is 1. The smallest absolute Gasteiger partial charge is 0.244 e. The van der Waals surface area contributed by atoms with Gasteiger partial charge in [0.1, 0.15) is 10.7 Å². The molecule has 118 valence electrons. The van der Waals surface area contributed by atoms with Gasteiger partial charge in [0.15, 0.2) is 9.84 Å². The van der Waals surface area contributed by atoms with E-state index in [1.807, 2.05) is 0 Å². The monoisotopic (exact) mass is 356 g/mol. The molecule has 10 heteroatoms. The van der Waals surface area contributed by atoms with Crippen LogP contribution in [-0.2, 0) is 19.9 Å². The SMILES string of the molecule is Nc1cc(S(=O)(=O)N2CCCS(=O)(=O)CC2)c(Cl)cc1F. The fourth-order valence-electron chi connectivity index (χ4n) is 2.04. The molecule has 1 aliphatic heterocycles. The minimum atomic E-state index is -4.02. The molecule has 2 rings (SSSR count). The van der Waals surface area contributed by atoms with Crippen molar-refractivity contribution >= 4 is 37.1 Å². The zero-order valence-corrected chi connectivity index (χ0v) is 13.3. The summed E-state index contributed by atoms with van der Waals surface area (Å²) in [5.74, 6) is -1.11. The van der Waals surface area contributed by atoms with Gasteiger partial charge in [0.05, 0.1) is 22.2 Å². The first-order chi connectivity index (χ1) is 9.63. The number of benzene rings is 1. The number of nitrogens with zero attached hydrogens (tertiary/aromatic N) is 1. The molecule has 1 heterocycles. The maximum absolute atomic E-state index is 13.3. The van der Waals surface area contributed by atoms with Gasteiger partial charge in [0.25, 0.3) is 0 Å². The Morgan fingerprint density at radius 2 is 1.90 bits per heavy atom. The van der Waals surface area contributed by atoms with E-state index in [1.54, 1.807) is 0 Å². The Morgan fingerprint density at radius 3 is 2.57 bits per heavy atom. The van der Waals surface area contributed by atoms with Crippen molar-refractivity contribution in [3.8, 4) is 0 Å². The van der Waals surface area contributed by atoms with Crippen LogP contribution in [0, 0.1) is 5.82 Å². The van der Waals surface area contributed by atoms with Crippen LogP contribution >= 0.6 is 11.6 Å². The van der Waals surface area contributed by atoms with Crippen LogP contribution in [0.3, 0.4) is 0 Å². The van der Waals surface area contributed by atoms with Gasteiger partial charge in [-0.1, -0.05) is 11.6 Å².